The maximum atomic E-state index is 11.5. The van der Waals surface area contributed by atoms with E-state index in [4.69, 9.17) is 4.74 Å². The molecule has 2 unspecified atom stereocenters. The maximum absolute atomic E-state index is 11.5. The van der Waals surface area contributed by atoms with Crippen LogP contribution in [0.2, 0.25) is 0 Å². The molecule has 0 spiro atoms. The highest BCUT2D eigenvalue weighted by molar-refractivity contribution is 5.70. The maximum Gasteiger partial charge on any atom is 0.407 e. The zero-order chi connectivity index (χ0) is 13.7. The Morgan fingerprint density at radius 2 is 1.89 bits per heavy atom. The van der Waals surface area contributed by atoms with Crippen LogP contribution in [0.3, 0.4) is 0 Å². The minimum absolute atomic E-state index is 0.110. The van der Waals surface area contributed by atoms with Crippen LogP contribution in [-0.4, -0.2) is 18.2 Å². The van der Waals surface area contributed by atoms with Crippen LogP contribution in [0.4, 0.5) is 4.79 Å². The van der Waals surface area contributed by atoms with E-state index in [2.05, 4.69) is 19.2 Å². The molecule has 1 aliphatic heterocycles. The Bertz CT molecular complexity index is 282. The van der Waals surface area contributed by atoms with Gasteiger partial charge in [-0.15, -0.1) is 0 Å². The summed E-state index contributed by atoms with van der Waals surface area (Å²) >= 11 is 0. The zero-order valence-corrected chi connectivity index (χ0v) is 12.5. The van der Waals surface area contributed by atoms with Gasteiger partial charge in [0.2, 0.25) is 0 Å². The molecular weight excluding hydrogens is 238 g/mol. The van der Waals surface area contributed by atoms with Crippen molar-refractivity contribution in [2.45, 2.75) is 83.8 Å². The quantitative estimate of drug-likeness (QED) is 0.781. The highest BCUT2D eigenvalue weighted by Gasteiger charge is 2.36. The first kappa shape index (κ1) is 14.7. The summed E-state index contributed by atoms with van der Waals surface area (Å²) in [5.41, 5.74) is 0. The van der Waals surface area contributed by atoms with Crippen LogP contribution < -0.4 is 5.32 Å². The minimum atomic E-state index is -0.197. The first-order valence-electron chi connectivity index (χ1n) is 8.20. The van der Waals surface area contributed by atoms with E-state index in [1.807, 2.05) is 0 Å². The third-order valence-electron chi connectivity index (χ3n) is 5.04. The molecule has 0 bridgehead atoms. The number of hydrogen-bond donors (Lipinski definition) is 1. The van der Waals surface area contributed by atoms with Crippen LogP contribution in [0.5, 0.6) is 0 Å². The molecule has 1 amide bonds. The van der Waals surface area contributed by atoms with Crippen LogP contribution in [0.25, 0.3) is 0 Å². The molecule has 1 aliphatic carbocycles. The summed E-state index contributed by atoms with van der Waals surface area (Å²) in [4.78, 5) is 11.5. The minimum Gasteiger partial charge on any atom is -0.444 e. The SMILES string of the molecule is CCC(CC)CC1OC(=O)NC1CC1CCCCC1. The van der Waals surface area contributed by atoms with Crippen molar-refractivity contribution in [3.05, 3.63) is 0 Å². The van der Waals surface area contributed by atoms with Crippen molar-refractivity contribution in [3.8, 4) is 0 Å². The van der Waals surface area contributed by atoms with Crippen molar-refractivity contribution < 1.29 is 9.53 Å². The highest BCUT2D eigenvalue weighted by Crippen LogP contribution is 2.31. The van der Waals surface area contributed by atoms with E-state index in [0.29, 0.717) is 5.92 Å². The van der Waals surface area contributed by atoms with Gasteiger partial charge in [0.1, 0.15) is 6.10 Å². The zero-order valence-electron chi connectivity index (χ0n) is 12.5. The van der Waals surface area contributed by atoms with Gasteiger partial charge in [0.05, 0.1) is 6.04 Å². The Morgan fingerprint density at radius 3 is 2.53 bits per heavy atom. The topological polar surface area (TPSA) is 38.3 Å². The van der Waals surface area contributed by atoms with E-state index < -0.39 is 0 Å². The van der Waals surface area contributed by atoms with Crippen LogP contribution in [0, 0.1) is 11.8 Å². The molecule has 0 aromatic carbocycles. The lowest BCUT2D eigenvalue weighted by molar-refractivity contribution is 0.106. The largest absolute Gasteiger partial charge is 0.444 e. The Balaban J connectivity index is 1.87. The van der Waals surface area contributed by atoms with Crippen molar-refractivity contribution in [1.29, 1.82) is 0 Å². The van der Waals surface area contributed by atoms with E-state index in [0.717, 1.165) is 18.8 Å². The second-order valence-corrected chi connectivity index (χ2v) is 6.35. The average molecular weight is 267 g/mol. The van der Waals surface area contributed by atoms with E-state index >= 15 is 0 Å². The van der Waals surface area contributed by atoms with Gasteiger partial charge in [-0.25, -0.2) is 4.79 Å². The van der Waals surface area contributed by atoms with E-state index in [1.165, 1.54) is 44.9 Å². The smallest absolute Gasteiger partial charge is 0.407 e. The Morgan fingerprint density at radius 1 is 1.21 bits per heavy atom. The van der Waals surface area contributed by atoms with Crippen molar-refractivity contribution in [2.24, 2.45) is 11.8 Å². The Labute approximate surface area is 117 Å². The summed E-state index contributed by atoms with van der Waals surface area (Å²) in [6, 6.07) is 0.260. The summed E-state index contributed by atoms with van der Waals surface area (Å²) in [6.45, 7) is 4.46. The summed E-state index contributed by atoms with van der Waals surface area (Å²) in [7, 11) is 0. The first-order valence-corrected chi connectivity index (χ1v) is 8.20. The van der Waals surface area contributed by atoms with Gasteiger partial charge >= 0.3 is 6.09 Å². The summed E-state index contributed by atoms with van der Waals surface area (Å²) in [5.74, 6) is 1.48. The molecular formula is C16H29NO2. The number of amides is 1. The molecule has 1 heterocycles. The van der Waals surface area contributed by atoms with Gasteiger partial charge in [0.15, 0.2) is 0 Å². The average Bonchev–Trinajstić information content (AvgIpc) is 2.77. The lowest BCUT2D eigenvalue weighted by atomic mass is 9.82. The molecule has 0 aromatic rings. The molecule has 110 valence electrons. The molecule has 19 heavy (non-hydrogen) atoms. The second-order valence-electron chi connectivity index (χ2n) is 6.35. The van der Waals surface area contributed by atoms with E-state index in [1.54, 1.807) is 0 Å². The fraction of sp³-hybridized carbons (Fsp3) is 0.938. The molecule has 2 aliphatic rings. The predicted octanol–water partition coefficient (Wildman–Crippen LogP) is 4.26. The molecule has 2 rings (SSSR count). The fourth-order valence-corrected chi connectivity index (χ4v) is 3.65. The monoisotopic (exact) mass is 267 g/mol. The molecule has 1 N–H and O–H groups in total. The van der Waals surface area contributed by atoms with E-state index in [9.17, 15) is 4.79 Å². The van der Waals surface area contributed by atoms with Gasteiger partial charge in [-0.2, -0.15) is 0 Å². The second kappa shape index (κ2) is 7.16. The van der Waals surface area contributed by atoms with Crippen LogP contribution >= 0.6 is 0 Å². The molecule has 2 fully saturated rings. The van der Waals surface area contributed by atoms with Crippen molar-refractivity contribution >= 4 is 6.09 Å². The standard InChI is InChI=1S/C16H29NO2/c1-3-12(4-2)11-15-14(17-16(18)19-15)10-13-8-6-5-7-9-13/h12-15H,3-11H2,1-2H3,(H,17,18). The molecule has 3 nitrogen and oxygen atoms in total. The molecule has 0 aromatic heterocycles. The lowest BCUT2D eigenvalue weighted by Crippen LogP contribution is -2.35. The molecule has 1 saturated carbocycles. The number of cyclic esters (lactones) is 1. The fourth-order valence-electron chi connectivity index (χ4n) is 3.65. The lowest BCUT2D eigenvalue weighted by Gasteiger charge is -2.27. The normalized spacial score (nSPS) is 28.5. The summed E-state index contributed by atoms with van der Waals surface area (Å²) < 4.78 is 5.50. The van der Waals surface area contributed by atoms with E-state index in [-0.39, 0.29) is 18.2 Å². The van der Waals surface area contributed by atoms with Crippen molar-refractivity contribution in [2.75, 3.05) is 0 Å². The first-order chi connectivity index (χ1) is 9.22. The van der Waals surface area contributed by atoms with Gasteiger partial charge in [-0.3, -0.25) is 0 Å². The summed E-state index contributed by atoms with van der Waals surface area (Å²) in [5, 5.41) is 3.04. The number of alkyl carbamates (subject to hydrolysis) is 1. The van der Waals surface area contributed by atoms with Gasteiger partial charge in [-0.1, -0.05) is 58.8 Å². The Kier molecular flexibility index (Phi) is 5.53. The van der Waals surface area contributed by atoms with Gasteiger partial charge in [-0.05, 0) is 24.7 Å². The third-order valence-corrected chi connectivity index (χ3v) is 5.04. The van der Waals surface area contributed by atoms with Crippen LogP contribution in [0.15, 0.2) is 0 Å². The van der Waals surface area contributed by atoms with Gasteiger partial charge in [0, 0.05) is 0 Å². The highest BCUT2D eigenvalue weighted by atomic mass is 16.6. The summed E-state index contributed by atoms with van der Waals surface area (Å²) in [6.07, 6.45) is 11.2. The Hall–Kier alpha value is -0.730. The number of rotatable bonds is 6. The van der Waals surface area contributed by atoms with Crippen molar-refractivity contribution in [3.63, 3.8) is 0 Å². The van der Waals surface area contributed by atoms with Crippen molar-refractivity contribution in [1.82, 2.24) is 5.32 Å². The van der Waals surface area contributed by atoms with Crippen LogP contribution in [-0.2, 0) is 4.74 Å². The number of ether oxygens (including phenoxy) is 1. The molecule has 3 heteroatoms. The molecule has 0 radical (unpaired) electrons. The third kappa shape index (κ3) is 4.12. The van der Waals surface area contributed by atoms with Crippen LogP contribution in [0.1, 0.15) is 71.6 Å². The number of hydrogen-bond acceptors (Lipinski definition) is 2. The molecule has 1 saturated heterocycles. The molecule has 2 atom stereocenters. The van der Waals surface area contributed by atoms with Gasteiger partial charge in [0.25, 0.3) is 0 Å². The number of carbonyl (C=O) groups excluding carboxylic acids is 1. The van der Waals surface area contributed by atoms with Gasteiger partial charge < -0.3 is 10.1 Å². The predicted molar refractivity (Wildman–Crippen MR) is 77.1 cm³/mol. The number of nitrogens with one attached hydrogen (secondary N) is 1. The number of carbonyl (C=O) groups is 1.